The highest BCUT2D eigenvalue weighted by molar-refractivity contribution is 7.80. The first-order valence-corrected chi connectivity index (χ1v) is 5.37. The molecular formula is C10H12ClFN2S. The Balaban J connectivity index is 2.51. The lowest BCUT2D eigenvalue weighted by atomic mass is 10.2. The number of rotatable bonds is 3. The van der Waals surface area contributed by atoms with Crippen LogP contribution in [0.4, 0.5) is 4.39 Å². The average Bonchev–Trinajstić information content (AvgIpc) is 2.20. The number of benzene rings is 1. The predicted octanol–water partition coefficient (Wildman–Crippen LogP) is 2.46. The van der Waals surface area contributed by atoms with Gasteiger partial charge in [-0.25, -0.2) is 4.39 Å². The van der Waals surface area contributed by atoms with Crippen LogP contribution in [-0.2, 0) is 6.54 Å². The van der Waals surface area contributed by atoms with Crippen molar-refractivity contribution in [2.24, 2.45) is 0 Å². The molecule has 1 rings (SSSR count). The fourth-order valence-corrected chi connectivity index (χ4v) is 1.47. The van der Waals surface area contributed by atoms with Gasteiger partial charge in [-0.3, -0.25) is 0 Å². The van der Waals surface area contributed by atoms with Crippen LogP contribution >= 0.6 is 23.8 Å². The van der Waals surface area contributed by atoms with E-state index < -0.39 is 5.82 Å². The normalized spacial score (nSPS) is 9.80. The molecule has 82 valence electrons. The van der Waals surface area contributed by atoms with Gasteiger partial charge in [-0.2, -0.15) is 0 Å². The third kappa shape index (κ3) is 4.01. The number of thiocarbonyl (C=S) groups is 1. The molecule has 0 bridgehead atoms. The molecule has 0 aliphatic heterocycles. The van der Waals surface area contributed by atoms with Crippen LogP contribution in [0.15, 0.2) is 18.2 Å². The number of hydrogen-bond acceptors (Lipinski definition) is 1. The van der Waals surface area contributed by atoms with Gasteiger partial charge in [0.15, 0.2) is 5.11 Å². The van der Waals surface area contributed by atoms with Crippen LogP contribution in [0.1, 0.15) is 12.5 Å². The molecule has 1 aromatic rings. The second kappa shape index (κ2) is 5.88. The Morgan fingerprint density at radius 1 is 1.47 bits per heavy atom. The molecule has 0 unspecified atom stereocenters. The van der Waals surface area contributed by atoms with Gasteiger partial charge in [-0.05, 0) is 36.8 Å². The lowest BCUT2D eigenvalue weighted by Gasteiger charge is -2.08. The molecule has 0 heterocycles. The molecule has 1 aromatic carbocycles. The zero-order valence-corrected chi connectivity index (χ0v) is 9.88. The Morgan fingerprint density at radius 3 is 2.80 bits per heavy atom. The van der Waals surface area contributed by atoms with Gasteiger partial charge in [0, 0.05) is 13.1 Å². The Morgan fingerprint density at radius 2 is 2.20 bits per heavy atom. The molecule has 0 radical (unpaired) electrons. The molecular weight excluding hydrogens is 235 g/mol. The van der Waals surface area contributed by atoms with Crippen LogP contribution in [0.3, 0.4) is 0 Å². The van der Waals surface area contributed by atoms with Crippen LogP contribution in [0, 0.1) is 5.82 Å². The van der Waals surface area contributed by atoms with Crippen molar-refractivity contribution >= 4 is 28.9 Å². The Kier molecular flexibility index (Phi) is 4.78. The van der Waals surface area contributed by atoms with E-state index in [1.165, 1.54) is 6.07 Å². The van der Waals surface area contributed by atoms with Gasteiger partial charge in [0.25, 0.3) is 0 Å². The van der Waals surface area contributed by atoms with Crippen molar-refractivity contribution in [2.75, 3.05) is 6.54 Å². The minimum absolute atomic E-state index is 0.128. The molecule has 0 aromatic heterocycles. The molecule has 15 heavy (non-hydrogen) atoms. The maximum Gasteiger partial charge on any atom is 0.166 e. The first-order valence-electron chi connectivity index (χ1n) is 4.59. The van der Waals surface area contributed by atoms with Gasteiger partial charge >= 0.3 is 0 Å². The minimum Gasteiger partial charge on any atom is -0.363 e. The lowest BCUT2D eigenvalue weighted by Crippen LogP contribution is -2.34. The van der Waals surface area contributed by atoms with Crippen molar-refractivity contribution in [1.82, 2.24) is 10.6 Å². The summed E-state index contributed by atoms with van der Waals surface area (Å²) in [4.78, 5) is 0. The smallest absolute Gasteiger partial charge is 0.166 e. The van der Waals surface area contributed by atoms with E-state index in [0.29, 0.717) is 11.7 Å². The fraction of sp³-hybridized carbons (Fsp3) is 0.300. The molecule has 0 saturated carbocycles. The summed E-state index contributed by atoms with van der Waals surface area (Å²) in [6.07, 6.45) is 0. The molecule has 0 saturated heterocycles. The largest absolute Gasteiger partial charge is 0.363 e. The monoisotopic (exact) mass is 246 g/mol. The quantitative estimate of drug-likeness (QED) is 0.802. The summed E-state index contributed by atoms with van der Waals surface area (Å²) < 4.78 is 12.8. The third-order valence-electron chi connectivity index (χ3n) is 1.77. The first-order chi connectivity index (χ1) is 7.13. The van der Waals surface area contributed by atoms with Crippen molar-refractivity contribution in [2.45, 2.75) is 13.5 Å². The summed E-state index contributed by atoms with van der Waals surface area (Å²) in [7, 11) is 0. The maximum atomic E-state index is 12.8. The predicted molar refractivity (Wildman–Crippen MR) is 64.5 cm³/mol. The summed E-state index contributed by atoms with van der Waals surface area (Å²) in [6, 6.07) is 4.59. The summed E-state index contributed by atoms with van der Waals surface area (Å²) in [5.74, 6) is -0.408. The van der Waals surface area contributed by atoms with Crippen molar-refractivity contribution < 1.29 is 4.39 Å². The Bertz CT molecular complexity index is 357. The standard InChI is InChI=1S/C10H12ClFN2S/c1-2-13-10(15)14-6-7-3-4-9(12)8(11)5-7/h3-5H,2,6H2,1H3,(H2,13,14,15). The topological polar surface area (TPSA) is 24.1 Å². The van der Waals surface area contributed by atoms with E-state index in [9.17, 15) is 4.39 Å². The second-order valence-corrected chi connectivity index (χ2v) is 3.78. The van der Waals surface area contributed by atoms with Crippen LogP contribution in [0.5, 0.6) is 0 Å². The summed E-state index contributed by atoms with van der Waals surface area (Å²) in [5.41, 5.74) is 0.890. The van der Waals surface area contributed by atoms with Crippen molar-refractivity contribution in [3.05, 3.63) is 34.6 Å². The van der Waals surface area contributed by atoms with Crippen molar-refractivity contribution in [3.8, 4) is 0 Å². The first kappa shape index (κ1) is 12.2. The van der Waals surface area contributed by atoms with E-state index in [1.54, 1.807) is 12.1 Å². The van der Waals surface area contributed by atoms with Gasteiger partial charge in [-0.15, -0.1) is 0 Å². The molecule has 2 nitrogen and oxygen atoms in total. The molecule has 0 amide bonds. The zero-order valence-electron chi connectivity index (χ0n) is 8.31. The van der Waals surface area contributed by atoms with Crippen molar-refractivity contribution in [3.63, 3.8) is 0 Å². The van der Waals surface area contributed by atoms with Gasteiger partial charge in [0.05, 0.1) is 5.02 Å². The highest BCUT2D eigenvalue weighted by atomic mass is 35.5. The number of nitrogens with one attached hydrogen (secondary N) is 2. The molecule has 0 atom stereocenters. The summed E-state index contributed by atoms with van der Waals surface area (Å²) in [5, 5.41) is 6.65. The maximum absolute atomic E-state index is 12.8. The Labute approximate surface area is 98.8 Å². The van der Waals surface area contributed by atoms with E-state index in [-0.39, 0.29) is 5.02 Å². The van der Waals surface area contributed by atoms with Gasteiger partial charge in [-0.1, -0.05) is 17.7 Å². The highest BCUT2D eigenvalue weighted by Crippen LogP contribution is 2.15. The molecule has 5 heteroatoms. The summed E-state index contributed by atoms with van der Waals surface area (Å²) in [6.45, 7) is 3.27. The Hall–Kier alpha value is -0.870. The van der Waals surface area contributed by atoms with Gasteiger partial charge < -0.3 is 10.6 Å². The SMILES string of the molecule is CCNC(=S)NCc1ccc(F)c(Cl)c1. The fourth-order valence-electron chi connectivity index (χ4n) is 1.05. The highest BCUT2D eigenvalue weighted by Gasteiger charge is 2.01. The van der Waals surface area contributed by atoms with Crippen LogP contribution in [0.25, 0.3) is 0 Å². The molecule has 0 aliphatic carbocycles. The van der Waals surface area contributed by atoms with E-state index in [0.717, 1.165) is 12.1 Å². The van der Waals surface area contributed by atoms with Crippen molar-refractivity contribution in [1.29, 1.82) is 0 Å². The number of halogens is 2. The van der Waals surface area contributed by atoms with E-state index in [2.05, 4.69) is 10.6 Å². The molecule has 0 aliphatic rings. The number of hydrogen-bond donors (Lipinski definition) is 2. The average molecular weight is 247 g/mol. The third-order valence-corrected chi connectivity index (χ3v) is 2.35. The van der Waals surface area contributed by atoms with Crippen LogP contribution < -0.4 is 10.6 Å². The van der Waals surface area contributed by atoms with Gasteiger partial charge in [0.1, 0.15) is 5.82 Å². The van der Waals surface area contributed by atoms with E-state index in [4.69, 9.17) is 23.8 Å². The van der Waals surface area contributed by atoms with E-state index >= 15 is 0 Å². The van der Waals surface area contributed by atoms with E-state index in [1.807, 2.05) is 6.92 Å². The van der Waals surface area contributed by atoms with Crippen LogP contribution in [0.2, 0.25) is 5.02 Å². The lowest BCUT2D eigenvalue weighted by molar-refractivity contribution is 0.627. The summed E-state index contributed by atoms with van der Waals surface area (Å²) >= 11 is 10.6. The van der Waals surface area contributed by atoms with Crippen LogP contribution in [-0.4, -0.2) is 11.7 Å². The molecule has 2 N–H and O–H groups in total. The van der Waals surface area contributed by atoms with Gasteiger partial charge in [0.2, 0.25) is 0 Å². The second-order valence-electron chi connectivity index (χ2n) is 2.96. The zero-order chi connectivity index (χ0) is 11.3. The minimum atomic E-state index is -0.408. The molecule has 0 fully saturated rings. The molecule has 0 spiro atoms.